The summed E-state index contributed by atoms with van der Waals surface area (Å²) >= 11 is 0. The van der Waals surface area contributed by atoms with Crippen LogP contribution in [0.5, 0.6) is 11.5 Å². The number of aromatic nitrogens is 1. The minimum atomic E-state index is -4.13. The van der Waals surface area contributed by atoms with Crippen LogP contribution >= 0.6 is 0 Å². The van der Waals surface area contributed by atoms with Crippen molar-refractivity contribution in [2.45, 2.75) is 16.3 Å². The Hall–Kier alpha value is -4.11. The number of hydrogen-bond acceptors (Lipinski definition) is 6. The lowest BCUT2D eigenvalue weighted by Gasteiger charge is -2.15. The molecule has 0 fully saturated rings. The smallest absolute Gasteiger partial charge is 0.244 e. The molecule has 0 saturated carbocycles. The van der Waals surface area contributed by atoms with E-state index < -0.39 is 26.1 Å². The summed E-state index contributed by atoms with van der Waals surface area (Å²) in [7, 11) is -1.19. The summed E-state index contributed by atoms with van der Waals surface area (Å²) in [5.74, 6) is 0.454. The summed E-state index contributed by atoms with van der Waals surface area (Å²) in [6, 6.07) is 19.3. The summed E-state index contributed by atoms with van der Waals surface area (Å²) < 4.78 is 38.5. The fourth-order valence-corrected chi connectivity index (χ4v) is 5.01. The molecule has 1 amide bonds. The quantitative estimate of drug-likeness (QED) is 0.436. The molecule has 34 heavy (non-hydrogen) atoms. The van der Waals surface area contributed by atoms with Crippen LogP contribution in [-0.2, 0) is 21.2 Å². The molecular weight excluding hydrogens is 456 g/mol. The van der Waals surface area contributed by atoms with Gasteiger partial charge in [-0.1, -0.05) is 30.3 Å². The molecule has 1 aromatic heterocycles. The van der Waals surface area contributed by atoms with E-state index in [1.807, 2.05) is 0 Å². The van der Waals surface area contributed by atoms with Gasteiger partial charge in [0.05, 0.1) is 35.7 Å². The largest absolute Gasteiger partial charge is 0.497 e. The highest BCUT2D eigenvalue weighted by atomic mass is 32.2. The summed E-state index contributed by atoms with van der Waals surface area (Å²) in [5.41, 5.74) is 0.200. The van der Waals surface area contributed by atoms with Crippen LogP contribution in [0.4, 0.5) is 5.69 Å². The fourth-order valence-electron chi connectivity index (χ4n) is 3.62. The first kappa shape index (κ1) is 23.1. The maximum absolute atomic E-state index is 13.3. The van der Waals surface area contributed by atoms with Crippen LogP contribution in [-0.4, -0.2) is 33.1 Å². The first-order chi connectivity index (χ1) is 16.3. The number of hydrogen-bond donors (Lipinski definition) is 1. The van der Waals surface area contributed by atoms with Gasteiger partial charge in [0.15, 0.2) is 0 Å². The van der Waals surface area contributed by atoms with E-state index in [1.54, 1.807) is 54.6 Å². The van der Waals surface area contributed by atoms with E-state index in [4.69, 9.17) is 9.47 Å². The first-order valence-electron chi connectivity index (χ1n) is 10.3. The molecule has 9 heteroatoms. The molecule has 1 heterocycles. The highest BCUT2D eigenvalue weighted by Gasteiger charge is 2.24. The van der Waals surface area contributed by atoms with Crippen LogP contribution in [0.15, 0.2) is 93.6 Å². The zero-order valence-corrected chi connectivity index (χ0v) is 19.3. The van der Waals surface area contributed by atoms with E-state index in [0.29, 0.717) is 22.7 Å². The van der Waals surface area contributed by atoms with E-state index in [2.05, 4.69) is 5.32 Å². The maximum Gasteiger partial charge on any atom is 0.244 e. The van der Waals surface area contributed by atoms with Gasteiger partial charge >= 0.3 is 0 Å². The van der Waals surface area contributed by atoms with E-state index >= 15 is 0 Å². The normalized spacial score (nSPS) is 11.2. The molecule has 0 spiro atoms. The van der Waals surface area contributed by atoms with E-state index in [-0.39, 0.29) is 16.8 Å². The molecule has 0 atom stereocenters. The third-order valence-corrected chi connectivity index (χ3v) is 7.06. The summed E-state index contributed by atoms with van der Waals surface area (Å²) in [4.78, 5) is 25.7. The number of carbonyl (C=O) groups excluding carboxylic acids is 1. The van der Waals surface area contributed by atoms with Crippen molar-refractivity contribution in [3.05, 3.63) is 89.2 Å². The number of anilines is 1. The number of rotatable bonds is 7. The van der Waals surface area contributed by atoms with E-state index in [1.165, 1.54) is 43.2 Å². The number of methoxy groups -OCH3 is 2. The van der Waals surface area contributed by atoms with Crippen LogP contribution in [0.3, 0.4) is 0 Å². The van der Waals surface area contributed by atoms with Gasteiger partial charge in [-0.3, -0.25) is 9.59 Å². The number of amides is 1. The average molecular weight is 479 g/mol. The predicted molar refractivity (Wildman–Crippen MR) is 128 cm³/mol. The number of benzene rings is 3. The Kier molecular flexibility index (Phi) is 6.38. The van der Waals surface area contributed by atoms with Crippen molar-refractivity contribution in [1.82, 2.24) is 4.57 Å². The molecular formula is C25H22N2O6S. The lowest BCUT2D eigenvalue weighted by Crippen LogP contribution is -2.24. The summed E-state index contributed by atoms with van der Waals surface area (Å²) in [6.45, 7) is -0.238. The molecule has 0 saturated heterocycles. The standard InChI is InChI=1S/C25H22N2O6S/c1-32-17-12-13-21-19(14-17)25(29)23(34(30,31)18-8-4-3-5-9-18)15-27(21)16-24(28)26-20-10-6-7-11-22(20)33-2/h3-15H,16H2,1-2H3,(H,26,28). The molecule has 4 rings (SSSR count). The zero-order valence-electron chi connectivity index (χ0n) is 18.5. The second-order valence-corrected chi connectivity index (χ2v) is 9.32. The van der Waals surface area contributed by atoms with Gasteiger partial charge in [-0.2, -0.15) is 0 Å². The van der Waals surface area contributed by atoms with Gasteiger partial charge in [0.25, 0.3) is 0 Å². The van der Waals surface area contributed by atoms with Gasteiger partial charge < -0.3 is 19.4 Å². The molecule has 0 aliphatic carbocycles. The van der Waals surface area contributed by atoms with Crippen LogP contribution in [0.25, 0.3) is 10.9 Å². The number of carbonyl (C=O) groups is 1. The second kappa shape index (κ2) is 9.40. The first-order valence-corrected chi connectivity index (χ1v) is 11.8. The molecule has 0 radical (unpaired) electrons. The number of sulfone groups is 1. The number of pyridine rings is 1. The molecule has 3 aromatic carbocycles. The Morgan fingerprint density at radius 1 is 0.941 bits per heavy atom. The molecule has 0 aliphatic rings. The number of fused-ring (bicyclic) bond motifs is 1. The monoisotopic (exact) mass is 478 g/mol. The third kappa shape index (κ3) is 4.38. The van der Waals surface area contributed by atoms with Crippen molar-refractivity contribution < 1.29 is 22.7 Å². The van der Waals surface area contributed by atoms with Crippen molar-refractivity contribution in [3.8, 4) is 11.5 Å². The molecule has 0 bridgehead atoms. The van der Waals surface area contributed by atoms with Crippen LogP contribution in [0.2, 0.25) is 0 Å². The maximum atomic E-state index is 13.3. The van der Waals surface area contributed by atoms with Gasteiger partial charge in [-0.15, -0.1) is 0 Å². The third-order valence-electron chi connectivity index (χ3n) is 5.29. The summed E-state index contributed by atoms with van der Waals surface area (Å²) in [5, 5.41) is 2.89. The Balaban J connectivity index is 1.83. The molecule has 4 aromatic rings. The molecule has 1 N–H and O–H groups in total. The van der Waals surface area contributed by atoms with Gasteiger partial charge in [0, 0.05) is 6.20 Å². The minimum Gasteiger partial charge on any atom is -0.497 e. The van der Waals surface area contributed by atoms with Crippen molar-refractivity contribution in [1.29, 1.82) is 0 Å². The lowest BCUT2D eigenvalue weighted by molar-refractivity contribution is -0.116. The fraction of sp³-hybridized carbons (Fsp3) is 0.120. The average Bonchev–Trinajstić information content (AvgIpc) is 2.86. The highest BCUT2D eigenvalue weighted by molar-refractivity contribution is 7.91. The van der Waals surface area contributed by atoms with Gasteiger partial charge in [0.2, 0.25) is 21.2 Å². The van der Waals surface area contributed by atoms with Crippen molar-refractivity contribution in [2.75, 3.05) is 19.5 Å². The van der Waals surface area contributed by atoms with Crippen molar-refractivity contribution in [3.63, 3.8) is 0 Å². The number of nitrogens with one attached hydrogen (secondary N) is 1. The van der Waals surface area contributed by atoms with Crippen LogP contribution < -0.4 is 20.2 Å². The van der Waals surface area contributed by atoms with Crippen LogP contribution in [0.1, 0.15) is 0 Å². The predicted octanol–water partition coefficient (Wildman–Crippen LogP) is 3.49. The Morgan fingerprint density at radius 3 is 2.35 bits per heavy atom. The zero-order chi connectivity index (χ0) is 24.3. The molecule has 174 valence electrons. The minimum absolute atomic E-state index is 0.0145. The van der Waals surface area contributed by atoms with Crippen molar-refractivity contribution in [2.24, 2.45) is 0 Å². The Morgan fingerprint density at radius 2 is 1.65 bits per heavy atom. The van der Waals surface area contributed by atoms with Gasteiger partial charge in [-0.25, -0.2) is 8.42 Å². The van der Waals surface area contributed by atoms with E-state index in [9.17, 15) is 18.0 Å². The number of para-hydroxylation sites is 2. The highest BCUT2D eigenvalue weighted by Crippen LogP contribution is 2.25. The number of ether oxygens (including phenoxy) is 2. The van der Waals surface area contributed by atoms with Gasteiger partial charge in [0.1, 0.15) is 22.9 Å². The molecule has 0 aliphatic heterocycles. The molecule has 8 nitrogen and oxygen atoms in total. The Labute approximate surface area is 196 Å². The molecule has 0 unspecified atom stereocenters. The van der Waals surface area contributed by atoms with Crippen LogP contribution in [0, 0.1) is 0 Å². The topological polar surface area (TPSA) is 104 Å². The number of nitrogens with zero attached hydrogens (tertiary/aromatic N) is 1. The Bertz CT molecular complexity index is 1530. The summed E-state index contributed by atoms with van der Waals surface area (Å²) in [6.07, 6.45) is 1.21. The van der Waals surface area contributed by atoms with Gasteiger partial charge in [-0.05, 0) is 42.5 Å². The van der Waals surface area contributed by atoms with E-state index in [0.717, 1.165) is 0 Å². The second-order valence-electron chi connectivity index (χ2n) is 7.40. The SMILES string of the molecule is COc1ccc2c(c1)c(=O)c(S(=O)(=O)c1ccccc1)cn2CC(=O)Nc1ccccc1OC. The lowest BCUT2D eigenvalue weighted by atomic mass is 10.2. The van der Waals surface area contributed by atoms with Crippen molar-refractivity contribution >= 4 is 32.3 Å².